The Bertz CT molecular complexity index is 794. The fourth-order valence-electron chi connectivity index (χ4n) is 2.38. The summed E-state index contributed by atoms with van der Waals surface area (Å²) in [6, 6.07) is 5.28. The molecular formula is C14H13N7O2. The fourth-order valence-corrected chi connectivity index (χ4v) is 2.38. The summed E-state index contributed by atoms with van der Waals surface area (Å²) in [5.41, 5.74) is 0. The summed E-state index contributed by atoms with van der Waals surface area (Å²) in [4.78, 5) is 22.5. The molecule has 1 amide bonds. The number of amides is 1. The third-order valence-corrected chi connectivity index (χ3v) is 3.64. The summed E-state index contributed by atoms with van der Waals surface area (Å²) in [5, 5.41) is 10.5. The molecule has 23 heavy (non-hydrogen) atoms. The van der Waals surface area contributed by atoms with Crippen LogP contribution in [0.1, 0.15) is 0 Å². The van der Waals surface area contributed by atoms with E-state index in [9.17, 15) is 4.79 Å². The molecule has 4 heterocycles. The predicted molar refractivity (Wildman–Crippen MR) is 80.0 cm³/mol. The van der Waals surface area contributed by atoms with Crippen LogP contribution < -0.4 is 10.2 Å². The maximum atomic E-state index is 12.1. The van der Waals surface area contributed by atoms with Crippen LogP contribution >= 0.6 is 0 Å². The van der Waals surface area contributed by atoms with Crippen molar-refractivity contribution >= 4 is 17.5 Å². The van der Waals surface area contributed by atoms with E-state index in [-0.39, 0.29) is 11.8 Å². The fraction of sp³-hybridized carbons (Fsp3) is 0.214. The molecule has 9 nitrogen and oxygen atoms in total. The second-order valence-electron chi connectivity index (χ2n) is 5.16. The Hall–Kier alpha value is -3.23. The van der Waals surface area contributed by atoms with Gasteiger partial charge >= 0.3 is 0 Å². The molecule has 4 rings (SSSR count). The van der Waals surface area contributed by atoms with Crippen molar-refractivity contribution in [2.45, 2.75) is 0 Å². The number of hydrogen-bond donors (Lipinski definition) is 1. The normalized spacial score (nSPS) is 14.5. The van der Waals surface area contributed by atoms with E-state index >= 15 is 0 Å². The van der Waals surface area contributed by atoms with Crippen LogP contribution in [0.3, 0.4) is 0 Å². The summed E-state index contributed by atoms with van der Waals surface area (Å²) in [7, 11) is 0. The van der Waals surface area contributed by atoms with Gasteiger partial charge in [-0.1, -0.05) is 5.16 Å². The van der Waals surface area contributed by atoms with Crippen molar-refractivity contribution < 1.29 is 9.32 Å². The van der Waals surface area contributed by atoms with Crippen molar-refractivity contribution in [3.8, 4) is 5.82 Å². The molecule has 116 valence electrons. The Kier molecular flexibility index (Phi) is 3.22. The number of nitrogens with one attached hydrogen (secondary N) is 1. The largest absolute Gasteiger partial charge is 0.363 e. The van der Waals surface area contributed by atoms with Crippen LogP contribution in [0.4, 0.5) is 11.6 Å². The average molecular weight is 311 g/mol. The smallest absolute Gasteiger partial charge is 0.232 e. The van der Waals surface area contributed by atoms with Gasteiger partial charge in [-0.15, -0.1) is 0 Å². The van der Waals surface area contributed by atoms with Crippen molar-refractivity contribution in [3.63, 3.8) is 0 Å². The molecule has 0 aromatic carbocycles. The van der Waals surface area contributed by atoms with Crippen LogP contribution in [0.5, 0.6) is 0 Å². The van der Waals surface area contributed by atoms with E-state index in [4.69, 9.17) is 0 Å². The minimum Gasteiger partial charge on any atom is -0.363 e. The summed E-state index contributed by atoms with van der Waals surface area (Å²) in [6.07, 6.45) is 6.42. The zero-order valence-electron chi connectivity index (χ0n) is 12.0. The van der Waals surface area contributed by atoms with Gasteiger partial charge in [-0.3, -0.25) is 4.79 Å². The van der Waals surface area contributed by atoms with Crippen LogP contribution in [0.2, 0.25) is 0 Å². The van der Waals surface area contributed by atoms with Gasteiger partial charge < -0.3 is 14.7 Å². The van der Waals surface area contributed by atoms with Crippen LogP contribution in [0, 0.1) is 5.92 Å². The van der Waals surface area contributed by atoms with Gasteiger partial charge in [-0.25, -0.2) is 14.6 Å². The number of aromatic nitrogens is 5. The maximum Gasteiger partial charge on any atom is 0.232 e. The standard InChI is InChI=1S/C14H13N7O2/c22-14(18-11-2-5-23-19-11)10-7-20(8-10)12-6-13(16-9-15-12)21-4-1-3-17-21/h1-6,9-10H,7-8H2,(H,18,19,22). The van der Waals surface area contributed by atoms with E-state index in [0.29, 0.717) is 24.7 Å². The van der Waals surface area contributed by atoms with Gasteiger partial charge in [0.05, 0.1) is 5.92 Å². The molecule has 0 radical (unpaired) electrons. The minimum absolute atomic E-state index is 0.0727. The predicted octanol–water partition coefficient (Wildman–Crippen LogP) is 0.725. The zero-order valence-corrected chi connectivity index (χ0v) is 12.0. The lowest BCUT2D eigenvalue weighted by atomic mass is 9.99. The first-order chi connectivity index (χ1) is 11.3. The highest BCUT2D eigenvalue weighted by atomic mass is 16.5. The van der Waals surface area contributed by atoms with Crippen LogP contribution in [0.25, 0.3) is 5.82 Å². The van der Waals surface area contributed by atoms with E-state index in [1.165, 1.54) is 12.6 Å². The summed E-state index contributed by atoms with van der Waals surface area (Å²) in [5.74, 6) is 1.72. The highest BCUT2D eigenvalue weighted by molar-refractivity contribution is 5.93. The second-order valence-corrected chi connectivity index (χ2v) is 5.16. The Morgan fingerprint density at radius 3 is 2.91 bits per heavy atom. The number of carbonyl (C=O) groups excluding carboxylic acids is 1. The third kappa shape index (κ3) is 2.63. The van der Waals surface area contributed by atoms with Gasteiger partial charge in [-0.05, 0) is 6.07 Å². The highest BCUT2D eigenvalue weighted by Gasteiger charge is 2.34. The first-order valence-corrected chi connectivity index (χ1v) is 7.08. The van der Waals surface area contributed by atoms with Crippen LogP contribution in [0.15, 0.2) is 47.7 Å². The lowest BCUT2D eigenvalue weighted by Gasteiger charge is -2.38. The number of rotatable bonds is 4. The van der Waals surface area contributed by atoms with Crippen molar-refractivity contribution in [1.29, 1.82) is 0 Å². The Balaban J connectivity index is 1.40. The molecule has 3 aromatic rings. The maximum absolute atomic E-state index is 12.1. The minimum atomic E-state index is -0.102. The van der Waals surface area contributed by atoms with Crippen molar-refractivity contribution in [1.82, 2.24) is 24.9 Å². The van der Waals surface area contributed by atoms with E-state index in [2.05, 4.69) is 30.1 Å². The van der Waals surface area contributed by atoms with Crippen LogP contribution in [-0.4, -0.2) is 43.9 Å². The average Bonchev–Trinajstić information content (AvgIpc) is 3.19. The molecule has 1 aliphatic heterocycles. The molecule has 1 aliphatic rings. The first-order valence-electron chi connectivity index (χ1n) is 7.08. The Labute approximate surface area is 130 Å². The monoisotopic (exact) mass is 311 g/mol. The van der Waals surface area contributed by atoms with Crippen LogP contribution in [-0.2, 0) is 4.79 Å². The number of carbonyl (C=O) groups is 1. The van der Waals surface area contributed by atoms with Crippen molar-refractivity contribution in [2.75, 3.05) is 23.3 Å². The molecule has 1 fully saturated rings. The SMILES string of the molecule is O=C(Nc1ccon1)C1CN(c2cc(-n3cccn3)ncn2)C1. The number of nitrogens with zero attached hydrogens (tertiary/aromatic N) is 6. The third-order valence-electron chi connectivity index (χ3n) is 3.64. The number of hydrogen-bond acceptors (Lipinski definition) is 7. The highest BCUT2D eigenvalue weighted by Crippen LogP contribution is 2.24. The van der Waals surface area contributed by atoms with E-state index in [1.807, 2.05) is 23.2 Å². The second kappa shape index (κ2) is 5.52. The number of anilines is 2. The van der Waals surface area contributed by atoms with Gasteiger partial charge in [0.25, 0.3) is 0 Å². The van der Waals surface area contributed by atoms with E-state index in [1.54, 1.807) is 16.9 Å². The summed E-state index contributed by atoms with van der Waals surface area (Å²) in [6.45, 7) is 1.19. The van der Waals surface area contributed by atoms with Crippen molar-refractivity contribution in [3.05, 3.63) is 43.2 Å². The Morgan fingerprint density at radius 2 is 2.17 bits per heavy atom. The first kappa shape index (κ1) is 13.4. The van der Waals surface area contributed by atoms with Gasteiger partial charge in [0, 0.05) is 37.6 Å². The molecule has 1 N–H and O–H groups in total. The molecule has 0 aliphatic carbocycles. The molecule has 0 bridgehead atoms. The van der Waals surface area contributed by atoms with Gasteiger partial charge in [0.15, 0.2) is 11.6 Å². The molecule has 0 spiro atoms. The topological polar surface area (TPSA) is 102 Å². The molecule has 0 unspecified atom stereocenters. The molecule has 9 heteroatoms. The lowest BCUT2D eigenvalue weighted by Crippen LogP contribution is -2.52. The van der Waals surface area contributed by atoms with E-state index in [0.717, 1.165) is 5.82 Å². The quantitative estimate of drug-likeness (QED) is 0.757. The molecule has 3 aromatic heterocycles. The lowest BCUT2D eigenvalue weighted by molar-refractivity contribution is -0.120. The summed E-state index contributed by atoms with van der Waals surface area (Å²) < 4.78 is 6.35. The molecule has 1 saturated heterocycles. The van der Waals surface area contributed by atoms with Gasteiger partial charge in [0.1, 0.15) is 18.4 Å². The molecular weight excluding hydrogens is 298 g/mol. The van der Waals surface area contributed by atoms with E-state index < -0.39 is 0 Å². The summed E-state index contributed by atoms with van der Waals surface area (Å²) >= 11 is 0. The van der Waals surface area contributed by atoms with Gasteiger partial charge in [0.2, 0.25) is 5.91 Å². The molecule has 0 saturated carbocycles. The van der Waals surface area contributed by atoms with Crippen molar-refractivity contribution in [2.24, 2.45) is 5.92 Å². The molecule has 0 atom stereocenters. The Morgan fingerprint density at radius 1 is 1.30 bits per heavy atom. The van der Waals surface area contributed by atoms with Gasteiger partial charge in [-0.2, -0.15) is 5.10 Å². The zero-order chi connectivity index (χ0) is 15.6.